The Morgan fingerprint density at radius 1 is 1.39 bits per heavy atom. The maximum atomic E-state index is 5.57. The minimum Gasteiger partial charge on any atom is -0.496 e. The van der Waals surface area contributed by atoms with Crippen molar-refractivity contribution in [3.63, 3.8) is 0 Å². The summed E-state index contributed by atoms with van der Waals surface area (Å²) in [5.41, 5.74) is 7.76. The molecule has 0 aliphatic heterocycles. The summed E-state index contributed by atoms with van der Waals surface area (Å²) < 4.78 is 7.12. The Kier molecular flexibility index (Phi) is 3.62. The SMILES string of the molecule is CCc1ccc(OC)c(-c2nc(CN)nn2C)c1. The zero-order valence-electron chi connectivity index (χ0n) is 11.0. The van der Waals surface area contributed by atoms with Gasteiger partial charge in [0.2, 0.25) is 0 Å². The van der Waals surface area contributed by atoms with Crippen LogP contribution in [-0.4, -0.2) is 21.9 Å². The summed E-state index contributed by atoms with van der Waals surface area (Å²) in [7, 11) is 3.52. The third-order valence-electron chi connectivity index (χ3n) is 2.90. The van der Waals surface area contributed by atoms with Gasteiger partial charge in [-0.25, -0.2) is 9.67 Å². The molecule has 0 aliphatic rings. The van der Waals surface area contributed by atoms with Crippen molar-refractivity contribution in [2.24, 2.45) is 12.8 Å². The fourth-order valence-corrected chi connectivity index (χ4v) is 1.91. The molecule has 96 valence electrons. The summed E-state index contributed by atoms with van der Waals surface area (Å²) in [5, 5.41) is 4.26. The van der Waals surface area contributed by atoms with Crippen LogP contribution in [0.1, 0.15) is 18.3 Å². The van der Waals surface area contributed by atoms with E-state index >= 15 is 0 Å². The molecular formula is C13H18N4O. The number of ether oxygens (including phenoxy) is 1. The lowest BCUT2D eigenvalue weighted by molar-refractivity contribution is 0.415. The van der Waals surface area contributed by atoms with Crippen molar-refractivity contribution in [3.8, 4) is 17.1 Å². The van der Waals surface area contributed by atoms with Gasteiger partial charge in [-0.05, 0) is 24.1 Å². The molecule has 0 saturated heterocycles. The summed E-state index contributed by atoms with van der Waals surface area (Å²) in [6, 6.07) is 6.11. The molecule has 0 unspecified atom stereocenters. The predicted molar refractivity (Wildman–Crippen MR) is 70.3 cm³/mol. The van der Waals surface area contributed by atoms with Crippen molar-refractivity contribution < 1.29 is 4.74 Å². The lowest BCUT2D eigenvalue weighted by Crippen LogP contribution is -1.99. The zero-order chi connectivity index (χ0) is 13.1. The zero-order valence-corrected chi connectivity index (χ0v) is 11.0. The minimum atomic E-state index is 0.337. The minimum absolute atomic E-state index is 0.337. The normalized spacial score (nSPS) is 10.7. The highest BCUT2D eigenvalue weighted by Crippen LogP contribution is 2.29. The van der Waals surface area contributed by atoms with Crippen LogP contribution in [0, 0.1) is 0 Å². The standard InChI is InChI=1S/C13H18N4O/c1-4-9-5-6-11(18-3)10(7-9)13-15-12(8-14)16-17(13)2/h5-7H,4,8,14H2,1-3H3. The molecule has 0 saturated carbocycles. The van der Waals surface area contributed by atoms with Gasteiger partial charge in [0.05, 0.1) is 19.2 Å². The van der Waals surface area contributed by atoms with E-state index in [9.17, 15) is 0 Å². The highest BCUT2D eigenvalue weighted by molar-refractivity contribution is 5.65. The first kappa shape index (κ1) is 12.6. The molecule has 2 aromatic rings. The molecule has 1 aromatic carbocycles. The first-order valence-electron chi connectivity index (χ1n) is 5.96. The van der Waals surface area contributed by atoms with Gasteiger partial charge in [0, 0.05) is 7.05 Å². The molecule has 0 aliphatic carbocycles. The number of hydrogen-bond donors (Lipinski definition) is 1. The van der Waals surface area contributed by atoms with E-state index in [2.05, 4.69) is 29.1 Å². The van der Waals surface area contributed by atoms with E-state index in [1.54, 1.807) is 11.8 Å². The fraction of sp³-hybridized carbons (Fsp3) is 0.385. The number of benzene rings is 1. The molecule has 0 fully saturated rings. The molecule has 2 rings (SSSR count). The monoisotopic (exact) mass is 246 g/mol. The highest BCUT2D eigenvalue weighted by atomic mass is 16.5. The maximum Gasteiger partial charge on any atom is 0.164 e. The van der Waals surface area contributed by atoms with Gasteiger partial charge in [0.15, 0.2) is 11.6 Å². The Balaban J connectivity index is 2.56. The molecule has 5 nitrogen and oxygen atoms in total. The van der Waals surface area contributed by atoms with E-state index in [1.165, 1.54) is 5.56 Å². The molecule has 1 aromatic heterocycles. The summed E-state index contributed by atoms with van der Waals surface area (Å²) in [5.74, 6) is 2.21. The van der Waals surface area contributed by atoms with Gasteiger partial charge in [0.25, 0.3) is 0 Å². The van der Waals surface area contributed by atoms with E-state index < -0.39 is 0 Å². The van der Waals surface area contributed by atoms with Crippen molar-refractivity contribution in [2.75, 3.05) is 7.11 Å². The van der Waals surface area contributed by atoms with Gasteiger partial charge in [-0.3, -0.25) is 0 Å². The van der Waals surface area contributed by atoms with Gasteiger partial charge >= 0.3 is 0 Å². The Hall–Kier alpha value is -1.88. The molecule has 0 radical (unpaired) electrons. The van der Waals surface area contributed by atoms with Crippen molar-refractivity contribution in [3.05, 3.63) is 29.6 Å². The average Bonchev–Trinajstić information content (AvgIpc) is 2.79. The second-order valence-electron chi connectivity index (χ2n) is 4.07. The topological polar surface area (TPSA) is 66.0 Å². The molecule has 1 heterocycles. The number of nitrogens with two attached hydrogens (primary N) is 1. The predicted octanol–water partition coefficient (Wildman–Crippen LogP) is 1.51. The van der Waals surface area contributed by atoms with Crippen LogP contribution >= 0.6 is 0 Å². The second-order valence-corrected chi connectivity index (χ2v) is 4.07. The Morgan fingerprint density at radius 3 is 2.72 bits per heavy atom. The van der Waals surface area contributed by atoms with E-state index in [4.69, 9.17) is 10.5 Å². The van der Waals surface area contributed by atoms with Gasteiger partial charge in [-0.15, -0.1) is 0 Å². The summed E-state index contributed by atoms with van der Waals surface area (Å²) in [6.07, 6.45) is 0.971. The van der Waals surface area contributed by atoms with Crippen LogP contribution in [0.3, 0.4) is 0 Å². The average molecular weight is 246 g/mol. The molecule has 0 bridgehead atoms. The highest BCUT2D eigenvalue weighted by Gasteiger charge is 2.13. The molecule has 2 N–H and O–H groups in total. The number of nitrogens with zero attached hydrogens (tertiary/aromatic N) is 3. The number of rotatable bonds is 4. The summed E-state index contributed by atoms with van der Waals surface area (Å²) >= 11 is 0. The maximum absolute atomic E-state index is 5.57. The number of methoxy groups -OCH3 is 1. The van der Waals surface area contributed by atoms with Gasteiger partial charge in [-0.1, -0.05) is 13.0 Å². The summed E-state index contributed by atoms with van der Waals surface area (Å²) in [6.45, 7) is 2.46. The number of hydrogen-bond acceptors (Lipinski definition) is 4. The van der Waals surface area contributed by atoms with E-state index in [0.29, 0.717) is 12.4 Å². The van der Waals surface area contributed by atoms with E-state index in [-0.39, 0.29) is 0 Å². The van der Waals surface area contributed by atoms with Crippen LogP contribution in [-0.2, 0) is 20.0 Å². The Morgan fingerprint density at radius 2 is 2.17 bits per heavy atom. The lowest BCUT2D eigenvalue weighted by atomic mass is 10.1. The molecule has 0 spiro atoms. The number of aryl methyl sites for hydroxylation is 2. The van der Waals surface area contributed by atoms with Crippen LogP contribution in [0.25, 0.3) is 11.4 Å². The van der Waals surface area contributed by atoms with E-state index in [1.807, 2.05) is 13.1 Å². The quantitative estimate of drug-likeness (QED) is 0.888. The smallest absolute Gasteiger partial charge is 0.164 e. The summed E-state index contributed by atoms with van der Waals surface area (Å²) in [4.78, 5) is 4.43. The van der Waals surface area contributed by atoms with Crippen molar-refractivity contribution in [1.82, 2.24) is 14.8 Å². The van der Waals surface area contributed by atoms with Crippen molar-refractivity contribution >= 4 is 0 Å². The van der Waals surface area contributed by atoms with Crippen LogP contribution in [0.4, 0.5) is 0 Å². The van der Waals surface area contributed by atoms with Gasteiger partial charge in [0.1, 0.15) is 5.75 Å². The first-order valence-corrected chi connectivity index (χ1v) is 5.96. The molecule has 0 atom stereocenters. The van der Waals surface area contributed by atoms with Crippen molar-refractivity contribution in [2.45, 2.75) is 19.9 Å². The Labute approximate surface area is 107 Å². The lowest BCUT2D eigenvalue weighted by Gasteiger charge is -2.09. The molecule has 5 heteroatoms. The van der Waals surface area contributed by atoms with Crippen LogP contribution in [0.15, 0.2) is 18.2 Å². The first-order chi connectivity index (χ1) is 8.69. The molecule has 0 amide bonds. The van der Waals surface area contributed by atoms with Crippen LogP contribution < -0.4 is 10.5 Å². The third kappa shape index (κ3) is 2.22. The fourth-order valence-electron chi connectivity index (χ4n) is 1.91. The van der Waals surface area contributed by atoms with Crippen LogP contribution in [0.5, 0.6) is 5.75 Å². The van der Waals surface area contributed by atoms with Gasteiger partial charge < -0.3 is 10.5 Å². The second kappa shape index (κ2) is 5.18. The largest absolute Gasteiger partial charge is 0.496 e. The molecular weight excluding hydrogens is 228 g/mol. The van der Waals surface area contributed by atoms with Crippen LogP contribution in [0.2, 0.25) is 0 Å². The van der Waals surface area contributed by atoms with E-state index in [0.717, 1.165) is 23.6 Å². The third-order valence-corrected chi connectivity index (χ3v) is 2.90. The number of aromatic nitrogens is 3. The van der Waals surface area contributed by atoms with Gasteiger partial charge in [-0.2, -0.15) is 5.10 Å². The Bertz CT molecular complexity index is 548. The van der Waals surface area contributed by atoms with Crippen molar-refractivity contribution in [1.29, 1.82) is 0 Å². The molecule has 18 heavy (non-hydrogen) atoms.